The number of hydrogen-bond donors (Lipinski definition) is 3. The number of carboxylic acid groups (broad SMARTS) is 1. The van der Waals surface area contributed by atoms with Crippen LogP contribution in [0.15, 0.2) is 18.2 Å². The number of carbonyl (C=O) groups is 3. The third-order valence-corrected chi connectivity index (χ3v) is 4.39. The Labute approximate surface area is 159 Å². The number of halogens is 1. The Balaban J connectivity index is 1.99. The first-order chi connectivity index (χ1) is 12.8. The number of carboxylic acids is 1. The second-order valence-corrected chi connectivity index (χ2v) is 6.34. The first-order valence-corrected chi connectivity index (χ1v) is 8.50. The number of hydrogen-bond acceptors (Lipinski definition) is 6. The van der Waals surface area contributed by atoms with Crippen molar-refractivity contribution in [1.29, 1.82) is 0 Å². The van der Waals surface area contributed by atoms with Gasteiger partial charge in [-0.05, 0) is 18.9 Å². The van der Waals surface area contributed by atoms with Crippen LogP contribution in [0.5, 0.6) is 0 Å². The van der Waals surface area contributed by atoms with Crippen molar-refractivity contribution >= 4 is 35.1 Å². The lowest BCUT2D eigenvalue weighted by molar-refractivity contribution is -0.385. The molecule has 10 nitrogen and oxygen atoms in total. The van der Waals surface area contributed by atoms with Crippen molar-refractivity contribution in [2.45, 2.75) is 18.9 Å². The Morgan fingerprint density at radius 3 is 2.74 bits per heavy atom. The molecule has 0 radical (unpaired) electrons. The maximum absolute atomic E-state index is 12.2. The third kappa shape index (κ3) is 5.38. The maximum atomic E-state index is 12.2. The van der Waals surface area contributed by atoms with E-state index in [1.54, 1.807) is 0 Å². The molecule has 2 unspecified atom stereocenters. The van der Waals surface area contributed by atoms with Gasteiger partial charge in [-0.2, -0.15) is 0 Å². The molecule has 1 heterocycles. The number of aliphatic carboxylic acids is 1. The lowest BCUT2D eigenvalue weighted by Crippen LogP contribution is -2.51. The van der Waals surface area contributed by atoms with E-state index in [2.05, 4.69) is 10.6 Å². The topological polar surface area (TPSA) is 148 Å². The summed E-state index contributed by atoms with van der Waals surface area (Å²) in [5.74, 6) is -3.22. The molecule has 0 saturated carbocycles. The lowest BCUT2D eigenvalue weighted by atomic mass is 9.93. The predicted octanol–water partition coefficient (Wildman–Crippen LogP) is 0.974. The number of nitrogens with one attached hydrogen (secondary N) is 2. The van der Waals surface area contributed by atoms with E-state index >= 15 is 0 Å². The number of ether oxygens (including phenoxy) is 1. The standard InChI is InChI=1S/C16H18ClN3O7/c17-10-4-1-5-11(20(25)26)13(10)15(22)18-7-12(21)19-14(16(23)24)9-3-2-6-27-8-9/h1,4-5,9,14H,2-3,6-8H2,(H,18,22)(H,19,21)(H,23,24). The highest BCUT2D eigenvalue weighted by Crippen LogP contribution is 2.25. The van der Waals surface area contributed by atoms with Crippen LogP contribution in [0.3, 0.4) is 0 Å². The van der Waals surface area contributed by atoms with E-state index in [4.69, 9.17) is 16.3 Å². The number of rotatable bonds is 7. The predicted molar refractivity (Wildman–Crippen MR) is 93.5 cm³/mol. The van der Waals surface area contributed by atoms with E-state index in [9.17, 15) is 29.6 Å². The van der Waals surface area contributed by atoms with E-state index < -0.39 is 41.0 Å². The second-order valence-electron chi connectivity index (χ2n) is 5.93. The maximum Gasteiger partial charge on any atom is 0.326 e. The zero-order valence-corrected chi connectivity index (χ0v) is 14.9. The number of benzene rings is 1. The molecule has 0 bridgehead atoms. The van der Waals surface area contributed by atoms with Crippen molar-refractivity contribution in [1.82, 2.24) is 10.6 Å². The smallest absolute Gasteiger partial charge is 0.326 e. The normalized spacial score (nSPS) is 17.6. The molecule has 1 aromatic rings. The van der Waals surface area contributed by atoms with Gasteiger partial charge in [0.1, 0.15) is 11.6 Å². The highest BCUT2D eigenvalue weighted by atomic mass is 35.5. The van der Waals surface area contributed by atoms with Crippen molar-refractivity contribution < 1.29 is 29.2 Å². The molecular formula is C16H18ClN3O7. The van der Waals surface area contributed by atoms with Crippen LogP contribution >= 0.6 is 11.6 Å². The lowest BCUT2D eigenvalue weighted by Gasteiger charge is -2.28. The zero-order chi connectivity index (χ0) is 20.0. The van der Waals surface area contributed by atoms with Crippen molar-refractivity contribution in [3.63, 3.8) is 0 Å². The van der Waals surface area contributed by atoms with Gasteiger partial charge in [0.2, 0.25) is 5.91 Å². The average molecular weight is 400 g/mol. The highest BCUT2D eigenvalue weighted by Gasteiger charge is 2.31. The van der Waals surface area contributed by atoms with Crippen molar-refractivity contribution in [2.24, 2.45) is 5.92 Å². The number of nitro groups is 1. The first-order valence-electron chi connectivity index (χ1n) is 8.12. The van der Waals surface area contributed by atoms with E-state index in [1.807, 2.05) is 0 Å². The molecule has 11 heteroatoms. The summed E-state index contributed by atoms with van der Waals surface area (Å²) in [5, 5.41) is 24.8. The van der Waals surface area contributed by atoms with Crippen LogP contribution in [0.4, 0.5) is 5.69 Å². The number of carbonyl (C=O) groups excluding carboxylic acids is 2. The molecule has 27 heavy (non-hydrogen) atoms. The molecule has 2 amide bonds. The molecule has 0 aromatic heterocycles. The van der Waals surface area contributed by atoms with Crippen molar-refractivity contribution in [2.75, 3.05) is 19.8 Å². The average Bonchev–Trinajstić information content (AvgIpc) is 2.64. The Bertz CT molecular complexity index is 750. The van der Waals surface area contributed by atoms with Gasteiger partial charge in [-0.25, -0.2) is 4.79 Å². The van der Waals surface area contributed by atoms with E-state index in [0.29, 0.717) is 19.4 Å². The van der Waals surface area contributed by atoms with Gasteiger partial charge < -0.3 is 20.5 Å². The number of amides is 2. The van der Waals surface area contributed by atoms with Crippen LogP contribution in [0.25, 0.3) is 0 Å². The van der Waals surface area contributed by atoms with Gasteiger partial charge in [0.25, 0.3) is 11.6 Å². The zero-order valence-electron chi connectivity index (χ0n) is 14.1. The van der Waals surface area contributed by atoms with Gasteiger partial charge in [-0.1, -0.05) is 17.7 Å². The Morgan fingerprint density at radius 1 is 1.41 bits per heavy atom. The summed E-state index contributed by atoms with van der Waals surface area (Å²) in [7, 11) is 0. The van der Waals surface area contributed by atoms with Gasteiger partial charge in [-0.3, -0.25) is 19.7 Å². The van der Waals surface area contributed by atoms with Crippen molar-refractivity contribution in [3.05, 3.63) is 38.9 Å². The molecule has 1 aromatic carbocycles. The van der Waals surface area contributed by atoms with Crippen LogP contribution in [-0.4, -0.2) is 53.6 Å². The van der Waals surface area contributed by atoms with E-state index in [1.165, 1.54) is 12.1 Å². The monoisotopic (exact) mass is 399 g/mol. The summed E-state index contributed by atoms with van der Waals surface area (Å²) in [5.41, 5.74) is -0.865. The van der Waals surface area contributed by atoms with E-state index in [0.717, 1.165) is 6.07 Å². The molecule has 1 fully saturated rings. The Hall–Kier alpha value is -2.72. The van der Waals surface area contributed by atoms with Crippen molar-refractivity contribution in [3.8, 4) is 0 Å². The summed E-state index contributed by atoms with van der Waals surface area (Å²) >= 11 is 5.85. The van der Waals surface area contributed by atoms with Crippen LogP contribution < -0.4 is 10.6 Å². The summed E-state index contributed by atoms with van der Waals surface area (Å²) in [4.78, 5) is 45.9. The minimum absolute atomic E-state index is 0.134. The highest BCUT2D eigenvalue weighted by molar-refractivity contribution is 6.34. The quantitative estimate of drug-likeness (QED) is 0.457. The summed E-state index contributed by atoms with van der Waals surface area (Å²) in [6, 6.07) is 2.61. The Kier molecular flexibility index (Phi) is 7.08. The minimum Gasteiger partial charge on any atom is -0.480 e. The summed E-state index contributed by atoms with van der Waals surface area (Å²) < 4.78 is 5.24. The third-order valence-electron chi connectivity index (χ3n) is 4.07. The molecule has 1 aliphatic heterocycles. The molecular weight excluding hydrogens is 382 g/mol. The summed E-state index contributed by atoms with van der Waals surface area (Å²) in [6.45, 7) is 0.206. The first kappa shape index (κ1) is 20.6. The molecule has 146 valence electrons. The van der Waals surface area contributed by atoms with Gasteiger partial charge in [0.15, 0.2) is 0 Å². The number of nitro benzene ring substituents is 1. The number of nitrogens with zero attached hydrogens (tertiary/aromatic N) is 1. The fourth-order valence-corrected chi connectivity index (χ4v) is 3.03. The van der Waals surface area contributed by atoms with Gasteiger partial charge in [-0.15, -0.1) is 0 Å². The molecule has 2 atom stereocenters. The van der Waals surface area contributed by atoms with Crippen LogP contribution in [0.1, 0.15) is 23.2 Å². The van der Waals surface area contributed by atoms with Crippen LogP contribution in [0, 0.1) is 16.0 Å². The van der Waals surface area contributed by atoms with Gasteiger partial charge in [0.05, 0.1) is 23.1 Å². The molecule has 2 rings (SSSR count). The van der Waals surface area contributed by atoms with Gasteiger partial charge >= 0.3 is 5.97 Å². The molecule has 1 saturated heterocycles. The van der Waals surface area contributed by atoms with E-state index in [-0.39, 0.29) is 23.1 Å². The minimum atomic E-state index is -1.20. The second kappa shape index (κ2) is 9.28. The molecule has 3 N–H and O–H groups in total. The van der Waals surface area contributed by atoms with Gasteiger partial charge in [0, 0.05) is 18.6 Å². The molecule has 1 aliphatic rings. The Morgan fingerprint density at radius 2 is 2.15 bits per heavy atom. The molecule has 0 spiro atoms. The van der Waals surface area contributed by atoms with Crippen LogP contribution in [-0.2, 0) is 14.3 Å². The summed E-state index contributed by atoms with van der Waals surface area (Å²) in [6.07, 6.45) is 1.28. The van der Waals surface area contributed by atoms with Crippen LogP contribution in [0.2, 0.25) is 5.02 Å². The fourth-order valence-electron chi connectivity index (χ4n) is 2.77. The largest absolute Gasteiger partial charge is 0.480 e. The SMILES string of the molecule is O=C(CNC(=O)c1c(Cl)cccc1[N+](=O)[O-])NC(C(=O)O)C1CCCOC1. The molecule has 0 aliphatic carbocycles. The fraction of sp³-hybridized carbons (Fsp3) is 0.438.